The Morgan fingerprint density at radius 3 is 2.52 bits per heavy atom. The van der Waals surface area contributed by atoms with Crippen LogP contribution in [0.25, 0.3) is 5.69 Å². The zero-order chi connectivity index (χ0) is 18.0. The van der Waals surface area contributed by atoms with E-state index in [-0.39, 0.29) is 6.04 Å². The molecule has 2 aromatic heterocycles. The Hall–Kier alpha value is -2.67. The third-order valence-corrected chi connectivity index (χ3v) is 4.40. The largest absolute Gasteiger partial charge is 0.363 e. The van der Waals surface area contributed by atoms with Crippen molar-refractivity contribution >= 4 is 5.82 Å². The van der Waals surface area contributed by atoms with Gasteiger partial charge in [-0.2, -0.15) is 10.2 Å². The van der Waals surface area contributed by atoms with Crippen molar-refractivity contribution in [3.63, 3.8) is 0 Å². The Kier molecular flexibility index (Phi) is 4.85. The molecule has 2 heterocycles. The Labute approximate surface area is 148 Å². The van der Waals surface area contributed by atoms with Crippen LogP contribution in [0.15, 0.2) is 36.9 Å². The van der Waals surface area contributed by atoms with Crippen LogP contribution < -0.4 is 10.2 Å². The molecule has 0 fully saturated rings. The SMILES string of the molecule is Cc1nn(C)c(N(C)C)c1CN[C@@H](C)c1ccc(-n2cncn2)cc1. The van der Waals surface area contributed by atoms with Crippen molar-refractivity contribution < 1.29 is 0 Å². The number of rotatable bonds is 6. The highest BCUT2D eigenvalue weighted by Crippen LogP contribution is 2.22. The number of aryl methyl sites for hydroxylation is 2. The topological polar surface area (TPSA) is 63.8 Å². The van der Waals surface area contributed by atoms with E-state index < -0.39 is 0 Å². The maximum atomic E-state index is 4.54. The van der Waals surface area contributed by atoms with Crippen LogP contribution in [0, 0.1) is 6.92 Å². The Balaban J connectivity index is 1.70. The third-order valence-electron chi connectivity index (χ3n) is 4.40. The quantitative estimate of drug-likeness (QED) is 0.746. The molecule has 7 nitrogen and oxygen atoms in total. The molecule has 0 saturated heterocycles. The van der Waals surface area contributed by atoms with Gasteiger partial charge in [0.05, 0.1) is 11.4 Å². The molecule has 25 heavy (non-hydrogen) atoms. The average molecular weight is 339 g/mol. The van der Waals surface area contributed by atoms with Gasteiger partial charge in [0.1, 0.15) is 18.5 Å². The van der Waals surface area contributed by atoms with Gasteiger partial charge in [-0.05, 0) is 31.5 Å². The smallest absolute Gasteiger partial charge is 0.138 e. The number of benzene rings is 1. The van der Waals surface area contributed by atoms with Gasteiger partial charge in [-0.25, -0.2) is 9.67 Å². The zero-order valence-electron chi connectivity index (χ0n) is 15.4. The summed E-state index contributed by atoms with van der Waals surface area (Å²) in [5.74, 6) is 1.14. The molecule has 0 radical (unpaired) electrons. The normalized spacial score (nSPS) is 12.4. The van der Waals surface area contributed by atoms with Crippen molar-refractivity contribution in [3.05, 3.63) is 53.7 Å². The summed E-state index contributed by atoms with van der Waals surface area (Å²) >= 11 is 0. The van der Waals surface area contributed by atoms with Gasteiger partial charge in [0, 0.05) is 39.3 Å². The van der Waals surface area contributed by atoms with E-state index in [1.54, 1.807) is 11.0 Å². The molecule has 1 N–H and O–H groups in total. The summed E-state index contributed by atoms with van der Waals surface area (Å²) in [6.07, 6.45) is 3.24. The summed E-state index contributed by atoms with van der Waals surface area (Å²) in [6, 6.07) is 8.60. The molecule has 1 aromatic carbocycles. The lowest BCUT2D eigenvalue weighted by Crippen LogP contribution is -2.21. The van der Waals surface area contributed by atoms with Gasteiger partial charge in [-0.15, -0.1) is 0 Å². The first-order valence-electron chi connectivity index (χ1n) is 8.35. The molecule has 132 valence electrons. The lowest BCUT2D eigenvalue weighted by Gasteiger charge is -2.18. The van der Waals surface area contributed by atoms with Crippen LogP contribution in [0.5, 0.6) is 0 Å². The van der Waals surface area contributed by atoms with Crippen LogP contribution in [0.1, 0.15) is 29.8 Å². The van der Waals surface area contributed by atoms with Gasteiger partial charge < -0.3 is 10.2 Å². The van der Waals surface area contributed by atoms with Gasteiger partial charge in [0.25, 0.3) is 0 Å². The predicted octanol–water partition coefficient (Wildman–Crippen LogP) is 2.23. The standard InChI is InChI=1S/C18H25N7/c1-13(15-6-8-16(9-7-15)25-12-19-11-21-25)20-10-17-14(2)22-24(5)18(17)23(3)4/h6-9,11-13,20H,10H2,1-5H3/t13-/m0/s1. The maximum Gasteiger partial charge on any atom is 0.138 e. The Bertz CT molecular complexity index is 816. The third kappa shape index (κ3) is 3.56. The molecule has 0 aliphatic heterocycles. The minimum atomic E-state index is 0.236. The number of hydrogen-bond acceptors (Lipinski definition) is 5. The first kappa shape index (κ1) is 17.2. The molecule has 0 spiro atoms. The minimum absolute atomic E-state index is 0.236. The highest BCUT2D eigenvalue weighted by Gasteiger charge is 2.16. The highest BCUT2D eigenvalue weighted by atomic mass is 15.4. The van der Waals surface area contributed by atoms with E-state index in [2.05, 4.69) is 63.5 Å². The second kappa shape index (κ2) is 7.06. The van der Waals surface area contributed by atoms with E-state index in [1.165, 1.54) is 17.5 Å². The van der Waals surface area contributed by atoms with E-state index >= 15 is 0 Å². The number of nitrogens with one attached hydrogen (secondary N) is 1. The Morgan fingerprint density at radius 1 is 1.20 bits per heavy atom. The fourth-order valence-electron chi connectivity index (χ4n) is 3.09. The minimum Gasteiger partial charge on any atom is -0.363 e. The van der Waals surface area contributed by atoms with E-state index in [1.807, 2.05) is 25.8 Å². The second-order valence-electron chi connectivity index (χ2n) is 6.44. The monoisotopic (exact) mass is 339 g/mol. The van der Waals surface area contributed by atoms with Gasteiger partial charge in [-0.3, -0.25) is 4.68 Å². The van der Waals surface area contributed by atoms with E-state index in [0.29, 0.717) is 0 Å². The van der Waals surface area contributed by atoms with Crippen LogP contribution in [-0.4, -0.2) is 38.6 Å². The first-order valence-corrected chi connectivity index (χ1v) is 8.35. The lowest BCUT2D eigenvalue weighted by atomic mass is 10.1. The summed E-state index contributed by atoms with van der Waals surface area (Å²) in [5, 5.41) is 12.3. The van der Waals surface area contributed by atoms with Crippen molar-refractivity contribution in [2.45, 2.75) is 26.4 Å². The van der Waals surface area contributed by atoms with Gasteiger partial charge >= 0.3 is 0 Å². The van der Waals surface area contributed by atoms with E-state index in [4.69, 9.17) is 0 Å². The molecule has 3 rings (SSSR count). The number of anilines is 1. The molecule has 3 aromatic rings. The molecular weight excluding hydrogens is 314 g/mol. The molecule has 1 atom stereocenters. The van der Waals surface area contributed by atoms with Crippen LogP contribution in [0.2, 0.25) is 0 Å². The highest BCUT2D eigenvalue weighted by molar-refractivity contribution is 5.49. The molecule has 0 saturated carbocycles. The van der Waals surface area contributed by atoms with Crippen LogP contribution in [0.3, 0.4) is 0 Å². The lowest BCUT2D eigenvalue weighted by molar-refractivity contribution is 0.573. The molecule has 0 aliphatic carbocycles. The second-order valence-corrected chi connectivity index (χ2v) is 6.44. The average Bonchev–Trinajstić information content (AvgIpc) is 3.20. The summed E-state index contributed by atoms with van der Waals surface area (Å²) in [7, 11) is 6.08. The molecule has 0 aliphatic rings. The molecule has 7 heteroatoms. The number of aromatic nitrogens is 5. The van der Waals surface area contributed by atoms with Gasteiger partial charge in [0.15, 0.2) is 0 Å². The van der Waals surface area contributed by atoms with Crippen LogP contribution >= 0.6 is 0 Å². The molecule has 0 amide bonds. The van der Waals surface area contributed by atoms with Crippen molar-refractivity contribution in [1.82, 2.24) is 29.9 Å². The van der Waals surface area contributed by atoms with Gasteiger partial charge in [-0.1, -0.05) is 12.1 Å². The van der Waals surface area contributed by atoms with Crippen molar-refractivity contribution in [3.8, 4) is 5.69 Å². The fraction of sp³-hybridized carbons (Fsp3) is 0.389. The van der Waals surface area contributed by atoms with E-state index in [9.17, 15) is 0 Å². The predicted molar refractivity (Wildman–Crippen MR) is 98.9 cm³/mol. The number of nitrogens with zero attached hydrogens (tertiary/aromatic N) is 6. The van der Waals surface area contributed by atoms with Crippen LogP contribution in [0.4, 0.5) is 5.82 Å². The molecule has 0 bridgehead atoms. The zero-order valence-corrected chi connectivity index (χ0v) is 15.4. The van der Waals surface area contributed by atoms with Crippen molar-refractivity contribution in [2.24, 2.45) is 7.05 Å². The van der Waals surface area contributed by atoms with E-state index in [0.717, 1.165) is 23.7 Å². The Morgan fingerprint density at radius 2 is 1.92 bits per heavy atom. The summed E-state index contributed by atoms with van der Waals surface area (Å²) in [5.41, 5.74) is 4.54. The number of hydrogen-bond donors (Lipinski definition) is 1. The summed E-state index contributed by atoms with van der Waals surface area (Å²) in [6.45, 7) is 5.01. The first-order chi connectivity index (χ1) is 12.0. The van der Waals surface area contributed by atoms with Crippen molar-refractivity contribution in [2.75, 3.05) is 19.0 Å². The maximum absolute atomic E-state index is 4.54. The van der Waals surface area contributed by atoms with Gasteiger partial charge in [0.2, 0.25) is 0 Å². The summed E-state index contributed by atoms with van der Waals surface area (Å²) in [4.78, 5) is 6.09. The summed E-state index contributed by atoms with van der Waals surface area (Å²) < 4.78 is 3.69. The van der Waals surface area contributed by atoms with Crippen molar-refractivity contribution in [1.29, 1.82) is 0 Å². The fourth-order valence-corrected chi connectivity index (χ4v) is 3.09. The van der Waals surface area contributed by atoms with Crippen LogP contribution in [-0.2, 0) is 13.6 Å². The molecular formula is C18H25N7. The molecule has 0 unspecified atom stereocenters.